The zero-order chi connectivity index (χ0) is 8.39. The summed E-state index contributed by atoms with van der Waals surface area (Å²) in [6.07, 6.45) is 0. The van der Waals surface area contributed by atoms with Crippen molar-refractivity contribution in [3.8, 4) is 0 Å². The lowest BCUT2D eigenvalue weighted by Crippen LogP contribution is -2.31. The third-order valence-electron chi connectivity index (χ3n) is 1.66. The molecule has 0 amide bonds. The highest BCUT2D eigenvalue weighted by molar-refractivity contribution is 6.64. The van der Waals surface area contributed by atoms with Gasteiger partial charge in [0, 0.05) is 0 Å². The second kappa shape index (κ2) is 2.99. The van der Waals surface area contributed by atoms with Crippen molar-refractivity contribution in [2.24, 2.45) is 0 Å². The molecule has 0 aromatic heterocycles. The van der Waals surface area contributed by atoms with Gasteiger partial charge in [0.05, 0.1) is 0 Å². The highest BCUT2D eigenvalue weighted by atomic mass is 16.7. The van der Waals surface area contributed by atoms with E-state index in [1.807, 2.05) is 30.3 Å². The summed E-state index contributed by atoms with van der Waals surface area (Å²) in [6, 6.07) is 9.39. The van der Waals surface area contributed by atoms with Crippen molar-refractivity contribution in [2.45, 2.75) is 0 Å². The quantitative estimate of drug-likeness (QED) is 0.543. The molecule has 1 aliphatic rings. The minimum Gasteiger partial charge on any atom is -0.504 e. The average Bonchev–Trinajstić information content (AvgIpc) is 2.54. The standard InChI is InChI=1S/C8H7BO3/c10-8-6-11-9(12-8)7-4-2-1-3-5-7/h1-5H,6H2. The summed E-state index contributed by atoms with van der Waals surface area (Å²) in [4.78, 5) is 10.7. The predicted octanol–water partition coefficient (Wildman–Crippen LogP) is -0.0448. The van der Waals surface area contributed by atoms with E-state index in [1.54, 1.807) is 0 Å². The molecule has 60 valence electrons. The highest BCUT2D eigenvalue weighted by Gasteiger charge is 2.32. The fourth-order valence-corrected chi connectivity index (χ4v) is 1.11. The third kappa shape index (κ3) is 1.33. The predicted molar refractivity (Wildman–Crippen MR) is 43.9 cm³/mol. The molecule has 1 fully saturated rings. The van der Waals surface area contributed by atoms with E-state index in [2.05, 4.69) is 0 Å². The Balaban J connectivity index is 2.16. The van der Waals surface area contributed by atoms with Crippen LogP contribution >= 0.6 is 0 Å². The van der Waals surface area contributed by atoms with E-state index in [-0.39, 0.29) is 12.6 Å². The molecule has 0 radical (unpaired) electrons. The molecular formula is C8H7BO3. The normalized spacial score (nSPS) is 16.3. The lowest BCUT2D eigenvalue weighted by molar-refractivity contribution is -0.132. The monoisotopic (exact) mass is 162 g/mol. The van der Waals surface area contributed by atoms with Crippen molar-refractivity contribution in [3.63, 3.8) is 0 Å². The summed E-state index contributed by atoms with van der Waals surface area (Å²) in [5.74, 6) is -0.302. The Kier molecular flexibility index (Phi) is 1.83. The number of rotatable bonds is 1. The summed E-state index contributed by atoms with van der Waals surface area (Å²) in [5.41, 5.74) is 0.878. The summed E-state index contributed by atoms with van der Waals surface area (Å²) in [7, 11) is -0.501. The van der Waals surface area contributed by atoms with Gasteiger partial charge in [-0.15, -0.1) is 0 Å². The first-order valence-corrected chi connectivity index (χ1v) is 3.72. The first-order chi connectivity index (χ1) is 5.86. The smallest absolute Gasteiger partial charge is 0.504 e. The van der Waals surface area contributed by atoms with E-state index in [0.29, 0.717) is 0 Å². The minimum atomic E-state index is -0.501. The van der Waals surface area contributed by atoms with Crippen LogP contribution in [0.15, 0.2) is 30.3 Å². The minimum absolute atomic E-state index is 0.0551. The molecule has 1 saturated heterocycles. The van der Waals surface area contributed by atoms with Gasteiger partial charge < -0.3 is 9.31 Å². The van der Waals surface area contributed by atoms with Crippen LogP contribution in [-0.4, -0.2) is 19.7 Å². The van der Waals surface area contributed by atoms with Crippen molar-refractivity contribution in [3.05, 3.63) is 30.3 Å². The van der Waals surface area contributed by atoms with Crippen molar-refractivity contribution in [1.29, 1.82) is 0 Å². The number of hydrogen-bond acceptors (Lipinski definition) is 3. The van der Waals surface area contributed by atoms with Gasteiger partial charge in [-0.3, -0.25) is 4.79 Å². The Hall–Kier alpha value is -1.29. The maximum Gasteiger partial charge on any atom is 0.565 e. The molecule has 12 heavy (non-hydrogen) atoms. The van der Waals surface area contributed by atoms with E-state index < -0.39 is 7.12 Å². The van der Waals surface area contributed by atoms with Crippen LogP contribution in [0.1, 0.15) is 0 Å². The molecule has 0 saturated carbocycles. The Bertz CT molecular complexity index is 286. The van der Waals surface area contributed by atoms with Crippen LogP contribution in [0.3, 0.4) is 0 Å². The zero-order valence-corrected chi connectivity index (χ0v) is 6.40. The van der Waals surface area contributed by atoms with Gasteiger partial charge in [-0.05, 0) is 5.46 Å². The summed E-state index contributed by atoms with van der Waals surface area (Å²) < 4.78 is 9.97. The largest absolute Gasteiger partial charge is 0.565 e. The van der Waals surface area contributed by atoms with Gasteiger partial charge in [-0.2, -0.15) is 0 Å². The zero-order valence-electron chi connectivity index (χ0n) is 6.40. The van der Waals surface area contributed by atoms with E-state index in [0.717, 1.165) is 5.46 Å². The van der Waals surface area contributed by atoms with Crippen LogP contribution in [0, 0.1) is 0 Å². The van der Waals surface area contributed by atoms with E-state index in [1.165, 1.54) is 0 Å². The Morgan fingerprint density at radius 1 is 1.25 bits per heavy atom. The Morgan fingerprint density at radius 3 is 2.58 bits per heavy atom. The molecule has 1 aliphatic heterocycles. The molecule has 3 nitrogen and oxygen atoms in total. The molecule has 0 aliphatic carbocycles. The second-order valence-corrected chi connectivity index (χ2v) is 2.54. The molecule has 0 spiro atoms. The van der Waals surface area contributed by atoms with Crippen LogP contribution in [0.25, 0.3) is 0 Å². The molecule has 1 heterocycles. The van der Waals surface area contributed by atoms with Crippen LogP contribution < -0.4 is 5.46 Å². The summed E-state index contributed by atoms with van der Waals surface area (Å²) in [5, 5.41) is 0. The van der Waals surface area contributed by atoms with E-state index >= 15 is 0 Å². The molecule has 1 aromatic rings. The van der Waals surface area contributed by atoms with Crippen molar-refractivity contribution in [1.82, 2.24) is 0 Å². The van der Waals surface area contributed by atoms with E-state index in [4.69, 9.17) is 9.31 Å². The van der Waals surface area contributed by atoms with Gasteiger partial charge in [-0.1, -0.05) is 30.3 Å². The SMILES string of the molecule is O=C1COB(c2ccccc2)O1. The Labute approximate surface area is 70.4 Å². The molecule has 2 rings (SSSR count). The lowest BCUT2D eigenvalue weighted by atomic mass is 9.80. The lowest BCUT2D eigenvalue weighted by Gasteiger charge is -2.00. The highest BCUT2D eigenvalue weighted by Crippen LogP contribution is 2.01. The first-order valence-electron chi connectivity index (χ1n) is 3.72. The Morgan fingerprint density at radius 2 is 2.00 bits per heavy atom. The third-order valence-corrected chi connectivity index (χ3v) is 1.66. The summed E-state index contributed by atoms with van der Waals surface area (Å²) in [6.45, 7) is 0.0551. The molecule has 0 bridgehead atoms. The maximum absolute atomic E-state index is 10.7. The number of carbonyl (C=O) groups excluding carboxylic acids is 1. The molecular weight excluding hydrogens is 155 g/mol. The van der Waals surface area contributed by atoms with E-state index in [9.17, 15) is 4.79 Å². The average molecular weight is 162 g/mol. The van der Waals surface area contributed by atoms with Gasteiger partial charge in [0.2, 0.25) is 0 Å². The number of benzene rings is 1. The van der Waals surface area contributed by atoms with Crippen molar-refractivity contribution < 1.29 is 14.1 Å². The van der Waals surface area contributed by atoms with Gasteiger partial charge >= 0.3 is 13.1 Å². The van der Waals surface area contributed by atoms with Crippen molar-refractivity contribution in [2.75, 3.05) is 6.61 Å². The van der Waals surface area contributed by atoms with Crippen LogP contribution in [0.5, 0.6) is 0 Å². The van der Waals surface area contributed by atoms with Gasteiger partial charge in [0.25, 0.3) is 0 Å². The topological polar surface area (TPSA) is 35.5 Å². The molecule has 4 heteroatoms. The van der Waals surface area contributed by atoms with Crippen LogP contribution in [-0.2, 0) is 14.1 Å². The van der Waals surface area contributed by atoms with Crippen LogP contribution in [0.2, 0.25) is 0 Å². The van der Waals surface area contributed by atoms with Crippen LogP contribution in [0.4, 0.5) is 0 Å². The molecule has 0 N–H and O–H groups in total. The first kappa shape index (κ1) is 7.37. The fourth-order valence-electron chi connectivity index (χ4n) is 1.11. The molecule has 0 unspecified atom stereocenters. The van der Waals surface area contributed by atoms with Crippen molar-refractivity contribution >= 4 is 18.6 Å². The second-order valence-electron chi connectivity index (χ2n) is 2.54. The van der Waals surface area contributed by atoms with Gasteiger partial charge in [0.1, 0.15) is 6.61 Å². The molecule has 0 atom stereocenters. The summed E-state index contributed by atoms with van der Waals surface area (Å²) >= 11 is 0. The van der Waals surface area contributed by atoms with Gasteiger partial charge in [0.15, 0.2) is 0 Å². The number of carbonyl (C=O) groups is 1. The number of hydrogen-bond donors (Lipinski definition) is 0. The van der Waals surface area contributed by atoms with Gasteiger partial charge in [-0.25, -0.2) is 0 Å². The molecule has 1 aromatic carbocycles. The maximum atomic E-state index is 10.7. The fraction of sp³-hybridized carbons (Fsp3) is 0.125.